The van der Waals surface area contributed by atoms with Crippen LogP contribution in [0.1, 0.15) is 45.6 Å². The van der Waals surface area contributed by atoms with Gasteiger partial charge in [-0.15, -0.1) is 0 Å². The first-order valence-corrected chi connectivity index (χ1v) is 8.95. The SMILES string of the molecule is CC(C)n1cc(OCCCCCCS(=O)(=O)Cl)cn1. The van der Waals surface area contributed by atoms with Crippen LogP contribution in [0.4, 0.5) is 0 Å². The third kappa shape index (κ3) is 7.42. The Morgan fingerprint density at radius 1 is 1.32 bits per heavy atom. The minimum absolute atomic E-state index is 0.0522. The van der Waals surface area contributed by atoms with Gasteiger partial charge in [-0.3, -0.25) is 4.68 Å². The highest BCUT2D eigenvalue weighted by molar-refractivity contribution is 8.13. The van der Waals surface area contributed by atoms with Gasteiger partial charge >= 0.3 is 0 Å². The van der Waals surface area contributed by atoms with Crippen molar-refractivity contribution in [1.82, 2.24) is 9.78 Å². The highest BCUT2D eigenvalue weighted by Crippen LogP contribution is 2.13. The van der Waals surface area contributed by atoms with E-state index in [2.05, 4.69) is 18.9 Å². The maximum Gasteiger partial charge on any atom is 0.232 e. The molecular formula is C12H21ClN2O3S. The summed E-state index contributed by atoms with van der Waals surface area (Å²) in [5.74, 6) is 0.827. The molecule has 0 aliphatic carbocycles. The third-order valence-corrected chi connectivity index (χ3v) is 3.90. The zero-order chi connectivity index (χ0) is 14.3. The predicted octanol–water partition coefficient (Wildman–Crippen LogP) is 2.97. The van der Waals surface area contributed by atoms with E-state index in [1.807, 2.05) is 10.9 Å². The van der Waals surface area contributed by atoms with E-state index in [4.69, 9.17) is 15.4 Å². The molecule has 7 heteroatoms. The molecule has 1 heterocycles. The van der Waals surface area contributed by atoms with E-state index in [1.165, 1.54) is 0 Å². The van der Waals surface area contributed by atoms with Crippen molar-refractivity contribution in [3.8, 4) is 5.75 Å². The predicted molar refractivity (Wildman–Crippen MR) is 76.2 cm³/mol. The molecule has 0 atom stereocenters. The highest BCUT2D eigenvalue weighted by atomic mass is 35.7. The van der Waals surface area contributed by atoms with Crippen molar-refractivity contribution >= 4 is 19.7 Å². The molecule has 0 fully saturated rings. The van der Waals surface area contributed by atoms with Crippen LogP contribution >= 0.6 is 10.7 Å². The molecule has 0 N–H and O–H groups in total. The van der Waals surface area contributed by atoms with Crippen molar-refractivity contribution in [3.05, 3.63) is 12.4 Å². The lowest BCUT2D eigenvalue weighted by atomic mass is 10.2. The molecule has 0 aromatic carbocycles. The largest absolute Gasteiger partial charge is 0.490 e. The summed E-state index contributed by atoms with van der Waals surface area (Å²) in [7, 11) is 1.78. The maximum atomic E-state index is 10.7. The Morgan fingerprint density at radius 3 is 2.58 bits per heavy atom. The molecule has 0 bridgehead atoms. The fourth-order valence-electron chi connectivity index (χ4n) is 1.60. The lowest BCUT2D eigenvalue weighted by Crippen LogP contribution is -2.00. The molecule has 110 valence electrons. The number of rotatable bonds is 9. The molecule has 0 saturated heterocycles. The van der Waals surface area contributed by atoms with Crippen molar-refractivity contribution in [2.24, 2.45) is 0 Å². The molecular weight excluding hydrogens is 288 g/mol. The summed E-state index contributed by atoms with van der Waals surface area (Å²) in [4.78, 5) is 0. The van der Waals surface area contributed by atoms with E-state index >= 15 is 0 Å². The second kappa shape index (κ2) is 7.75. The van der Waals surface area contributed by atoms with E-state index < -0.39 is 9.05 Å². The number of hydrogen-bond donors (Lipinski definition) is 0. The molecule has 0 amide bonds. The highest BCUT2D eigenvalue weighted by Gasteiger charge is 2.04. The van der Waals surface area contributed by atoms with Gasteiger partial charge in [-0.05, 0) is 26.7 Å². The number of halogens is 1. The molecule has 0 spiro atoms. The lowest BCUT2D eigenvalue weighted by Gasteiger charge is -2.04. The van der Waals surface area contributed by atoms with Gasteiger partial charge in [-0.2, -0.15) is 5.10 Å². The van der Waals surface area contributed by atoms with Crippen LogP contribution in [0.3, 0.4) is 0 Å². The van der Waals surface area contributed by atoms with Crippen LogP contribution in [0, 0.1) is 0 Å². The molecule has 1 aromatic heterocycles. The van der Waals surface area contributed by atoms with E-state index in [1.54, 1.807) is 6.20 Å². The first-order valence-electron chi connectivity index (χ1n) is 6.48. The standard InChI is InChI=1S/C12H21ClN2O3S/c1-11(2)15-10-12(9-14-15)18-7-5-3-4-6-8-19(13,16)17/h9-11H,3-8H2,1-2H3. The van der Waals surface area contributed by atoms with E-state index in [0.717, 1.165) is 25.0 Å². The normalized spacial score (nSPS) is 12.0. The Hall–Kier alpha value is -0.750. The molecule has 0 radical (unpaired) electrons. The molecule has 0 aliphatic heterocycles. The van der Waals surface area contributed by atoms with Gasteiger partial charge in [-0.25, -0.2) is 8.42 Å². The smallest absolute Gasteiger partial charge is 0.232 e. The molecule has 1 aromatic rings. The minimum atomic E-state index is -3.34. The molecule has 19 heavy (non-hydrogen) atoms. The Balaban J connectivity index is 2.07. The monoisotopic (exact) mass is 308 g/mol. The first kappa shape index (κ1) is 16.3. The summed E-state index contributed by atoms with van der Waals surface area (Å²) in [6.07, 6.45) is 6.88. The Bertz CT molecular complexity index is 471. The van der Waals surface area contributed by atoms with Crippen molar-refractivity contribution < 1.29 is 13.2 Å². The Morgan fingerprint density at radius 2 is 2.00 bits per heavy atom. The summed E-state index contributed by atoms with van der Waals surface area (Å²) >= 11 is 0. The quantitative estimate of drug-likeness (QED) is 0.520. The Labute approximate surface area is 119 Å². The van der Waals surface area contributed by atoms with Gasteiger partial charge in [0.1, 0.15) is 0 Å². The molecule has 0 unspecified atom stereocenters. The Kier molecular flexibility index (Phi) is 6.65. The topological polar surface area (TPSA) is 61.2 Å². The van der Waals surface area contributed by atoms with Gasteiger partial charge in [0, 0.05) is 16.7 Å². The van der Waals surface area contributed by atoms with Gasteiger partial charge < -0.3 is 4.74 Å². The summed E-state index contributed by atoms with van der Waals surface area (Å²) in [6.45, 7) is 4.74. The third-order valence-electron chi connectivity index (χ3n) is 2.66. The summed E-state index contributed by atoms with van der Waals surface area (Å²) < 4.78 is 28.8. The fourth-order valence-corrected chi connectivity index (χ4v) is 2.47. The van der Waals surface area contributed by atoms with E-state index in [9.17, 15) is 8.42 Å². The van der Waals surface area contributed by atoms with Crippen LogP contribution in [0.15, 0.2) is 12.4 Å². The van der Waals surface area contributed by atoms with Crippen LogP contribution < -0.4 is 4.74 Å². The van der Waals surface area contributed by atoms with Crippen LogP contribution in [0.5, 0.6) is 5.75 Å². The van der Waals surface area contributed by atoms with Crippen molar-refractivity contribution in [3.63, 3.8) is 0 Å². The van der Waals surface area contributed by atoms with Gasteiger partial charge in [0.25, 0.3) is 0 Å². The summed E-state index contributed by atoms with van der Waals surface area (Å²) in [5, 5.41) is 4.18. The minimum Gasteiger partial charge on any atom is -0.490 e. The zero-order valence-electron chi connectivity index (χ0n) is 11.4. The summed E-state index contributed by atoms with van der Waals surface area (Å²) in [6, 6.07) is 0.329. The number of ether oxygens (including phenoxy) is 1. The fraction of sp³-hybridized carbons (Fsp3) is 0.750. The van der Waals surface area contributed by atoms with Gasteiger partial charge in [0.05, 0.1) is 24.8 Å². The van der Waals surface area contributed by atoms with E-state index in [0.29, 0.717) is 19.1 Å². The average Bonchev–Trinajstić information content (AvgIpc) is 2.75. The average molecular weight is 309 g/mol. The molecule has 5 nitrogen and oxygen atoms in total. The van der Waals surface area contributed by atoms with Gasteiger partial charge in [0.15, 0.2) is 5.75 Å². The number of unbranched alkanes of at least 4 members (excludes halogenated alkanes) is 3. The van der Waals surface area contributed by atoms with Crippen molar-refractivity contribution in [2.45, 2.75) is 45.6 Å². The van der Waals surface area contributed by atoms with Crippen LogP contribution in [-0.2, 0) is 9.05 Å². The lowest BCUT2D eigenvalue weighted by molar-refractivity contribution is 0.304. The first-order chi connectivity index (χ1) is 8.88. The van der Waals surface area contributed by atoms with Crippen molar-refractivity contribution in [1.29, 1.82) is 0 Å². The van der Waals surface area contributed by atoms with Gasteiger partial charge in [0.2, 0.25) is 9.05 Å². The second-order valence-corrected chi connectivity index (χ2v) is 7.65. The summed E-state index contributed by atoms with van der Waals surface area (Å²) in [5.41, 5.74) is 0. The maximum absolute atomic E-state index is 10.7. The van der Waals surface area contributed by atoms with Crippen LogP contribution in [0.25, 0.3) is 0 Å². The number of aromatic nitrogens is 2. The molecule has 0 aliphatic rings. The van der Waals surface area contributed by atoms with Crippen molar-refractivity contribution in [2.75, 3.05) is 12.4 Å². The second-order valence-electron chi connectivity index (χ2n) is 4.76. The molecule has 0 saturated carbocycles. The van der Waals surface area contributed by atoms with Gasteiger partial charge in [-0.1, -0.05) is 12.8 Å². The zero-order valence-corrected chi connectivity index (χ0v) is 13.0. The number of nitrogens with zero attached hydrogens (tertiary/aromatic N) is 2. The van der Waals surface area contributed by atoms with E-state index in [-0.39, 0.29) is 5.75 Å². The van der Waals surface area contributed by atoms with Crippen LogP contribution in [0.2, 0.25) is 0 Å². The van der Waals surface area contributed by atoms with Crippen LogP contribution in [-0.4, -0.2) is 30.6 Å². The number of hydrogen-bond acceptors (Lipinski definition) is 4. The molecule has 1 rings (SSSR count).